The minimum absolute atomic E-state index is 0.00730. The molecule has 0 heterocycles. The number of anilines is 1. The minimum Gasteiger partial charge on any atom is -0.322 e. The van der Waals surface area contributed by atoms with Gasteiger partial charge < -0.3 is 5.32 Å². The third-order valence-electron chi connectivity index (χ3n) is 3.17. The maximum atomic E-state index is 12.1. The number of ketones is 1. The Balaban J connectivity index is 2.08. The number of rotatable bonds is 4. The van der Waals surface area contributed by atoms with Gasteiger partial charge in [0, 0.05) is 16.8 Å². The van der Waals surface area contributed by atoms with E-state index in [-0.39, 0.29) is 11.7 Å². The van der Waals surface area contributed by atoms with Gasteiger partial charge in [-0.2, -0.15) is 0 Å². The van der Waals surface area contributed by atoms with Crippen molar-refractivity contribution in [2.75, 3.05) is 5.32 Å². The third kappa shape index (κ3) is 3.32. The highest BCUT2D eigenvalue weighted by molar-refractivity contribution is 6.05. The maximum Gasteiger partial charge on any atom is 0.255 e. The first-order valence-corrected chi connectivity index (χ1v) is 6.61. The number of benzene rings is 2. The van der Waals surface area contributed by atoms with Crippen LogP contribution >= 0.6 is 0 Å². The van der Waals surface area contributed by atoms with E-state index in [1.807, 2.05) is 24.3 Å². The largest absolute Gasteiger partial charge is 0.322 e. The van der Waals surface area contributed by atoms with Crippen LogP contribution in [0.5, 0.6) is 0 Å². The third-order valence-corrected chi connectivity index (χ3v) is 3.17. The number of nitrogens with one attached hydrogen (secondary N) is 1. The lowest BCUT2D eigenvalue weighted by atomic mass is 10.1. The summed E-state index contributed by atoms with van der Waals surface area (Å²) < 4.78 is 0. The second-order valence-electron chi connectivity index (χ2n) is 4.64. The van der Waals surface area contributed by atoms with Crippen LogP contribution in [0.3, 0.4) is 0 Å². The molecule has 20 heavy (non-hydrogen) atoms. The Morgan fingerprint density at radius 2 is 1.45 bits per heavy atom. The number of hydrogen-bond donors (Lipinski definition) is 1. The molecular formula is C17H17NO2. The van der Waals surface area contributed by atoms with Crippen LogP contribution in [0.15, 0.2) is 48.5 Å². The monoisotopic (exact) mass is 267 g/mol. The van der Waals surface area contributed by atoms with Gasteiger partial charge >= 0.3 is 0 Å². The summed E-state index contributed by atoms with van der Waals surface area (Å²) in [6.45, 7) is 3.59. The van der Waals surface area contributed by atoms with Gasteiger partial charge in [-0.25, -0.2) is 0 Å². The normalized spacial score (nSPS) is 10.1. The summed E-state index contributed by atoms with van der Waals surface area (Å²) in [6.07, 6.45) is 0.973. The van der Waals surface area contributed by atoms with Gasteiger partial charge in [0.05, 0.1) is 0 Å². The van der Waals surface area contributed by atoms with Gasteiger partial charge in [0.1, 0.15) is 0 Å². The molecule has 0 aromatic heterocycles. The van der Waals surface area contributed by atoms with Crippen molar-refractivity contribution < 1.29 is 9.59 Å². The summed E-state index contributed by atoms with van der Waals surface area (Å²) in [5.74, 6) is -0.184. The molecule has 2 rings (SSSR count). The summed E-state index contributed by atoms with van der Waals surface area (Å²) in [5.41, 5.74) is 3.14. The molecule has 102 valence electrons. The second kappa shape index (κ2) is 6.15. The van der Waals surface area contributed by atoms with Crippen molar-refractivity contribution in [3.8, 4) is 0 Å². The van der Waals surface area contributed by atoms with E-state index in [2.05, 4.69) is 12.2 Å². The molecule has 0 aliphatic rings. The molecule has 0 atom stereocenters. The van der Waals surface area contributed by atoms with Crippen molar-refractivity contribution >= 4 is 17.4 Å². The van der Waals surface area contributed by atoms with Gasteiger partial charge in [-0.3, -0.25) is 9.59 Å². The van der Waals surface area contributed by atoms with E-state index in [0.717, 1.165) is 12.1 Å². The van der Waals surface area contributed by atoms with Gasteiger partial charge in [0.2, 0.25) is 0 Å². The molecule has 1 amide bonds. The summed E-state index contributed by atoms with van der Waals surface area (Å²) in [5, 5.41) is 2.83. The van der Waals surface area contributed by atoms with Crippen LogP contribution in [0.25, 0.3) is 0 Å². The number of hydrogen-bond acceptors (Lipinski definition) is 2. The summed E-state index contributed by atoms with van der Waals surface area (Å²) in [6, 6.07) is 14.4. The number of carbonyl (C=O) groups is 2. The van der Waals surface area contributed by atoms with Crippen LogP contribution in [-0.4, -0.2) is 11.7 Å². The molecule has 0 saturated heterocycles. The molecule has 0 saturated carbocycles. The Kier molecular flexibility index (Phi) is 4.31. The first-order chi connectivity index (χ1) is 9.60. The standard InChI is InChI=1S/C17H17NO2/c1-3-13-4-10-16(11-5-13)18-17(20)15-8-6-14(7-9-15)12(2)19/h4-11H,3H2,1-2H3,(H,18,20). The minimum atomic E-state index is -0.177. The Morgan fingerprint density at radius 1 is 0.900 bits per heavy atom. The van der Waals surface area contributed by atoms with E-state index in [4.69, 9.17) is 0 Å². The van der Waals surface area contributed by atoms with Crippen LogP contribution in [0.1, 0.15) is 40.1 Å². The van der Waals surface area contributed by atoms with Crippen LogP contribution in [0.2, 0.25) is 0 Å². The molecule has 2 aromatic carbocycles. The van der Waals surface area contributed by atoms with Gasteiger partial charge in [0.15, 0.2) is 5.78 Å². The predicted octanol–water partition coefficient (Wildman–Crippen LogP) is 3.70. The summed E-state index contributed by atoms with van der Waals surface area (Å²) >= 11 is 0. The van der Waals surface area contributed by atoms with Crippen LogP contribution in [0, 0.1) is 0 Å². The summed E-state index contributed by atoms with van der Waals surface area (Å²) in [4.78, 5) is 23.2. The number of carbonyl (C=O) groups excluding carboxylic acids is 2. The molecule has 0 aliphatic heterocycles. The van der Waals surface area contributed by atoms with E-state index in [0.29, 0.717) is 11.1 Å². The van der Waals surface area contributed by atoms with Crippen molar-refractivity contribution in [2.24, 2.45) is 0 Å². The Morgan fingerprint density at radius 3 is 1.95 bits per heavy atom. The topological polar surface area (TPSA) is 46.2 Å². The van der Waals surface area contributed by atoms with E-state index in [9.17, 15) is 9.59 Å². The van der Waals surface area contributed by atoms with Crippen molar-refractivity contribution in [1.82, 2.24) is 0 Å². The highest BCUT2D eigenvalue weighted by Gasteiger charge is 2.07. The first kappa shape index (κ1) is 14.0. The van der Waals surface area contributed by atoms with Gasteiger partial charge in [0.25, 0.3) is 5.91 Å². The molecule has 0 fully saturated rings. The summed E-state index contributed by atoms with van der Waals surface area (Å²) in [7, 11) is 0. The zero-order chi connectivity index (χ0) is 14.5. The average Bonchev–Trinajstić information content (AvgIpc) is 2.48. The Bertz CT molecular complexity index is 612. The maximum absolute atomic E-state index is 12.1. The number of Topliss-reactive ketones (excluding diaryl/α,β-unsaturated/α-hetero) is 1. The lowest BCUT2D eigenvalue weighted by Gasteiger charge is -2.06. The molecule has 2 aromatic rings. The molecule has 0 spiro atoms. The van der Waals surface area contributed by atoms with Gasteiger partial charge in [-0.05, 0) is 43.2 Å². The smallest absolute Gasteiger partial charge is 0.255 e. The highest BCUT2D eigenvalue weighted by atomic mass is 16.1. The lowest BCUT2D eigenvalue weighted by molar-refractivity contribution is 0.101. The van der Waals surface area contributed by atoms with E-state index in [1.54, 1.807) is 24.3 Å². The number of aryl methyl sites for hydroxylation is 1. The zero-order valence-electron chi connectivity index (χ0n) is 11.6. The Labute approximate surface area is 118 Å². The van der Waals surface area contributed by atoms with Gasteiger partial charge in [-0.1, -0.05) is 31.2 Å². The molecular weight excluding hydrogens is 250 g/mol. The predicted molar refractivity (Wildman–Crippen MR) is 80.2 cm³/mol. The molecule has 3 nitrogen and oxygen atoms in total. The van der Waals surface area contributed by atoms with E-state index < -0.39 is 0 Å². The zero-order valence-corrected chi connectivity index (χ0v) is 11.6. The van der Waals surface area contributed by atoms with Crippen LogP contribution in [-0.2, 0) is 6.42 Å². The fraction of sp³-hybridized carbons (Fsp3) is 0.176. The van der Waals surface area contributed by atoms with Gasteiger partial charge in [-0.15, -0.1) is 0 Å². The first-order valence-electron chi connectivity index (χ1n) is 6.61. The van der Waals surface area contributed by atoms with E-state index >= 15 is 0 Å². The Hall–Kier alpha value is -2.42. The van der Waals surface area contributed by atoms with Crippen LogP contribution < -0.4 is 5.32 Å². The molecule has 1 N–H and O–H groups in total. The molecule has 3 heteroatoms. The van der Waals surface area contributed by atoms with E-state index in [1.165, 1.54) is 12.5 Å². The van der Waals surface area contributed by atoms with Crippen molar-refractivity contribution in [3.05, 3.63) is 65.2 Å². The van der Waals surface area contributed by atoms with Crippen molar-refractivity contribution in [2.45, 2.75) is 20.3 Å². The molecule has 0 unspecified atom stereocenters. The lowest BCUT2D eigenvalue weighted by Crippen LogP contribution is -2.12. The fourth-order valence-electron chi connectivity index (χ4n) is 1.88. The average molecular weight is 267 g/mol. The van der Waals surface area contributed by atoms with Crippen molar-refractivity contribution in [3.63, 3.8) is 0 Å². The molecule has 0 aliphatic carbocycles. The SMILES string of the molecule is CCc1ccc(NC(=O)c2ccc(C(C)=O)cc2)cc1. The molecule has 0 bridgehead atoms. The highest BCUT2D eigenvalue weighted by Crippen LogP contribution is 2.12. The van der Waals surface area contributed by atoms with Crippen molar-refractivity contribution in [1.29, 1.82) is 0 Å². The fourth-order valence-corrected chi connectivity index (χ4v) is 1.88. The van der Waals surface area contributed by atoms with Crippen LogP contribution in [0.4, 0.5) is 5.69 Å². The second-order valence-corrected chi connectivity index (χ2v) is 4.64. The quantitative estimate of drug-likeness (QED) is 0.858. The number of amides is 1. The molecule has 0 radical (unpaired) electrons.